The second kappa shape index (κ2) is 9.30. The zero-order chi connectivity index (χ0) is 18.4. The predicted octanol–water partition coefficient (Wildman–Crippen LogP) is 3.05. The number of benzene rings is 1. The van der Waals surface area contributed by atoms with Gasteiger partial charge in [0, 0.05) is 42.9 Å². The number of rotatable bonds is 7. The van der Waals surface area contributed by atoms with Crippen LogP contribution < -0.4 is 15.5 Å². The first-order chi connectivity index (χ1) is 11.9. The number of nitrogens with zero attached hydrogens (tertiary/aromatic N) is 2. The molecule has 0 aromatic heterocycles. The minimum absolute atomic E-state index is 0.0718. The molecule has 0 unspecified atom stereocenters. The summed E-state index contributed by atoms with van der Waals surface area (Å²) >= 11 is 5.95. The Morgan fingerprint density at radius 1 is 1.28 bits per heavy atom. The molecule has 1 aliphatic rings. The van der Waals surface area contributed by atoms with Crippen LogP contribution in [0.4, 0.5) is 10.5 Å². The summed E-state index contributed by atoms with van der Waals surface area (Å²) < 4.78 is 0. The molecule has 2 amide bonds. The van der Waals surface area contributed by atoms with Crippen LogP contribution >= 0.6 is 11.6 Å². The van der Waals surface area contributed by atoms with Crippen LogP contribution in [0.25, 0.3) is 0 Å². The van der Waals surface area contributed by atoms with Crippen molar-refractivity contribution in [1.29, 1.82) is 0 Å². The standard InChI is InChI=1S/C19H31ClN4O/c1-14(2)18(23(3)4)12-22-19(25)21-11-15-9-10-24(13-15)17-7-5-16(20)6-8-17/h5-8,14-15,18H,9-13H2,1-4H3,(H2,21,22,25)/t15-,18-/m1/s1. The van der Waals surface area contributed by atoms with Crippen LogP contribution in [0.3, 0.4) is 0 Å². The molecule has 1 aliphatic heterocycles. The Morgan fingerprint density at radius 2 is 1.96 bits per heavy atom. The number of halogens is 1. The molecule has 1 saturated heterocycles. The zero-order valence-electron chi connectivity index (χ0n) is 15.8. The Morgan fingerprint density at radius 3 is 2.56 bits per heavy atom. The van der Waals surface area contributed by atoms with Crippen LogP contribution in [-0.2, 0) is 0 Å². The molecular formula is C19H31ClN4O. The molecular weight excluding hydrogens is 336 g/mol. The number of anilines is 1. The van der Waals surface area contributed by atoms with Gasteiger partial charge in [-0.3, -0.25) is 0 Å². The zero-order valence-corrected chi connectivity index (χ0v) is 16.5. The lowest BCUT2D eigenvalue weighted by Crippen LogP contribution is -2.47. The molecule has 1 fully saturated rings. The van der Waals surface area contributed by atoms with E-state index in [0.29, 0.717) is 31.0 Å². The summed E-state index contributed by atoms with van der Waals surface area (Å²) in [7, 11) is 4.10. The highest BCUT2D eigenvalue weighted by Crippen LogP contribution is 2.24. The fraction of sp³-hybridized carbons (Fsp3) is 0.632. The number of amides is 2. The van der Waals surface area contributed by atoms with Gasteiger partial charge in [-0.15, -0.1) is 0 Å². The van der Waals surface area contributed by atoms with Crippen LogP contribution in [0.15, 0.2) is 24.3 Å². The Bertz CT molecular complexity index is 539. The van der Waals surface area contributed by atoms with Gasteiger partial charge in [0.15, 0.2) is 0 Å². The van der Waals surface area contributed by atoms with Crippen molar-refractivity contribution in [2.45, 2.75) is 26.3 Å². The van der Waals surface area contributed by atoms with Crippen molar-refractivity contribution in [3.8, 4) is 0 Å². The van der Waals surface area contributed by atoms with Gasteiger partial charge in [-0.2, -0.15) is 0 Å². The molecule has 0 radical (unpaired) electrons. The van der Waals surface area contributed by atoms with Gasteiger partial charge >= 0.3 is 6.03 Å². The van der Waals surface area contributed by atoms with Gasteiger partial charge in [-0.05, 0) is 56.6 Å². The van der Waals surface area contributed by atoms with Crippen molar-refractivity contribution in [2.75, 3.05) is 45.2 Å². The highest BCUT2D eigenvalue weighted by atomic mass is 35.5. The van der Waals surface area contributed by atoms with Crippen molar-refractivity contribution in [1.82, 2.24) is 15.5 Å². The van der Waals surface area contributed by atoms with Gasteiger partial charge in [0.05, 0.1) is 0 Å². The fourth-order valence-electron chi connectivity index (χ4n) is 3.40. The lowest BCUT2D eigenvalue weighted by molar-refractivity contribution is 0.212. The van der Waals surface area contributed by atoms with E-state index in [1.807, 2.05) is 26.2 Å². The number of hydrogen-bond donors (Lipinski definition) is 2. The molecule has 1 aromatic carbocycles. The van der Waals surface area contributed by atoms with E-state index in [1.54, 1.807) is 0 Å². The first-order valence-electron chi connectivity index (χ1n) is 9.05. The van der Waals surface area contributed by atoms with Gasteiger partial charge in [0.25, 0.3) is 0 Å². The molecule has 1 heterocycles. The van der Waals surface area contributed by atoms with Gasteiger partial charge in [-0.25, -0.2) is 4.79 Å². The normalized spacial score (nSPS) is 18.7. The minimum Gasteiger partial charge on any atom is -0.371 e. The molecule has 25 heavy (non-hydrogen) atoms. The summed E-state index contributed by atoms with van der Waals surface area (Å²) in [5.74, 6) is 0.981. The van der Waals surface area contributed by atoms with E-state index in [1.165, 1.54) is 5.69 Å². The summed E-state index contributed by atoms with van der Waals surface area (Å²) in [5.41, 5.74) is 1.20. The second-order valence-corrected chi connectivity index (χ2v) is 7.88. The van der Waals surface area contributed by atoms with Gasteiger partial charge in [-0.1, -0.05) is 25.4 Å². The maximum absolute atomic E-state index is 12.1. The number of carbonyl (C=O) groups excluding carboxylic acids is 1. The highest BCUT2D eigenvalue weighted by molar-refractivity contribution is 6.30. The molecule has 6 heteroatoms. The third kappa shape index (κ3) is 6.08. The Balaban J connectivity index is 1.71. The monoisotopic (exact) mass is 366 g/mol. The summed E-state index contributed by atoms with van der Waals surface area (Å²) in [6.07, 6.45) is 1.09. The third-order valence-electron chi connectivity index (χ3n) is 4.93. The van der Waals surface area contributed by atoms with Crippen molar-refractivity contribution in [3.63, 3.8) is 0 Å². The Labute approximate surface area is 156 Å². The van der Waals surface area contributed by atoms with Gasteiger partial charge < -0.3 is 20.4 Å². The molecule has 2 N–H and O–H groups in total. The Hall–Kier alpha value is -1.46. The number of nitrogens with one attached hydrogen (secondary N) is 2. The smallest absolute Gasteiger partial charge is 0.314 e. The Kier molecular flexibility index (Phi) is 7.38. The SMILES string of the molecule is CC(C)[C@@H](CNC(=O)NC[C@H]1CCN(c2ccc(Cl)cc2)C1)N(C)C. The lowest BCUT2D eigenvalue weighted by Gasteiger charge is -2.28. The van der Waals surface area contributed by atoms with E-state index in [4.69, 9.17) is 11.6 Å². The van der Waals surface area contributed by atoms with Crippen LogP contribution in [0, 0.1) is 11.8 Å². The minimum atomic E-state index is -0.0718. The van der Waals surface area contributed by atoms with E-state index in [9.17, 15) is 4.79 Å². The average molecular weight is 367 g/mol. The van der Waals surface area contributed by atoms with Crippen LogP contribution in [0.5, 0.6) is 0 Å². The fourth-order valence-corrected chi connectivity index (χ4v) is 3.52. The van der Waals surface area contributed by atoms with E-state index >= 15 is 0 Å². The molecule has 5 nitrogen and oxygen atoms in total. The first-order valence-corrected chi connectivity index (χ1v) is 9.43. The number of hydrogen-bond acceptors (Lipinski definition) is 3. The van der Waals surface area contributed by atoms with Gasteiger partial charge in [0.1, 0.15) is 0 Å². The highest BCUT2D eigenvalue weighted by Gasteiger charge is 2.23. The van der Waals surface area contributed by atoms with Crippen LogP contribution in [-0.4, -0.2) is 57.2 Å². The van der Waals surface area contributed by atoms with Crippen molar-refractivity contribution < 1.29 is 4.79 Å². The molecule has 0 aliphatic carbocycles. The van der Waals surface area contributed by atoms with Crippen LogP contribution in [0.2, 0.25) is 5.02 Å². The van der Waals surface area contributed by atoms with E-state index in [-0.39, 0.29) is 6.03 Å². The summed E-state index contributed by atoms with van der Waals surface area (Å²) in [4.78, 5) is 16.6. The molecule has 0 saturated carbocycles. The van der Waals surface area contributed by atoms with E-state index in [0.717, 1.165) is 24.5 Å². The molecule has 0 bridgehead atoms. The number of carbonyl (C=O) groups is 1. The first kappa shape index (κ1) is 19.9. The third-order valence-corrected chi connectivity index (χ3v) is 5.19. The van der Waals surface area contributed by atoms with Crippen molar-refractivity contribution in [3.05, 3.63) is 29.3 Å². The molecule has 140 valence electrons. The maximum atomic E-state index is 12.1. The van der Waals surface area contributed by atoms with E-state index in [2.05, 4.69) is 46.4 Å². The molecule has 2 rings (SSSR count). The average Bonchev–Trinajstić information content (AvgIpc) is 3.02. The lowest BCUT2D eigenvalue weighted by atomic mass is 10.0. The molecule has 2 atom stereocenters. The number of urea groups is 1. The second-order valence-electron chi connectivity index (χ2n) is 7.44. The van der Waals surface area contributed by atoms with Crippen molar-refractivity contribution >= 4 is 23.3 Å². The van der Waals surface area contributed by atoms with E-state index < -0.39 is 0 Å². The predicted molar refractivity (Wildman–Crippen MR) is 105 cm³/mol. The quantitative estimate of drug-likeness (QED) is 0.779. The van der Waals surface area contributed by atoms with Crippen molar-refractivity contribution in [2.24, 2.45) is 11.8 Å². The van der Waals surface area contributed by atoms with Crippen LogP contribution in [0.1, 0.15) is 20.3 Å². The summed E-state index contributed by atoms with van der Waals surface area (Å²) in [6, 6.07) is 8.23. The maximum Gasteiger partial charge on any atom is 0.314 e. The summed E-state index contributed by atoms with van der Waals surface area (Å²) in [6.45, 7) is 7.71. The number of likely N-dealkylation sites (N-methyl/N-ethyl adjacent to an activating group) is 1. The summed E-state index contributed by atoms with van der Waals surface area (Å²) in [5, 5.41) is 6.78. The van der Waals surface area contributed by atoms with Gasteiger partial charge in [0.2, 0.25) is 0 Å². The molecule has 0 spiro atoms. The topological polar surface area (TPSA) is 47.6 Å². The largest absolute Gasteiger partial charge is 0.371 e. The molecule has 1 aromatic rings.